The van der Waals surface area contributed by atoms with Crippen molar-refractivity contribution in [1.82, 2.24) is 4.98 Å². The number of halogens is 3. The minimum absolute atomic E-state index is 0.00880. The van der Waals surface area contributed by atoms with Crippen LogP contribution in [0.3, 0.4) is 0 Å². The molecule has 0 saturated heterocycles. The van der Waals surface area contributed by atoms with Gasteiger partial charge in [0.15, 0.2) is 17.5 Å². The third-order valence-electron chi connectivity index (χ3n) is 3.26. The van der Waals surface area contributed by atoms with Crippen LogP contribution in [0.1, 0.15) is 29.5 Å². The number of hydrogen-bond donors (Lipinski definition) is 1. The molecule has 6 heteroatoms. The van der Waals surface area contributed by atoms with Gasteiger partial charge >= 0.3 is 0 Å². The average molecular weight is 284 g/mol. The van der Waals surface area contributed by atoms with Gasteiger partial charge in [0.05, 0.1) is 5.69 Å². The molecular weight excluding hydrogens is 273 g/mol. The molecule has 1 aliphatic rings. The van der Waals surface area contributed by atoms with Crippen LogP contribution >= 0.6 is 11.3 Å². The molecule has 2 aromatic rings. The fourth-order valence-corrected chi connectivity index (χ4v) is 3.45. The molecule has 1 atom stereocenters. The summed E-state index contributed by atoms with van der Waals surface area (Å²) in [4.78, 5) is 5.31. The first-order valence-electron chi connectivity index (χ1n) is 5.97. The molecule has 2 nitrogen and oxygen atoms in total. The highest BCUT2D eigenvalue weighted by Gasteiger charge is 2.24. The normalized spacial score (nSPS) is 18.4. The maximum Gasteiger partial charge on any atom is 0.195 e. The van der Waals surface area contributed by atoms with Crippen molar-refractivity contribution in [2.24, 2.45) is 5.73 Å². The Hall–Kier alpha value is -1.40. The number of rotatable bonds is 1. The van der Waals surface area contributed by atoms with Crippen molar-refractivity contribution < 1.29 is 13.2 Å². The molecule has 0 spiro atoms. The summed E-state index contributed by atoms with van der Waals surface area (Å²) in [7, 11) is 0. The molecule has 0 saturated carbocycles. The second-order valence-electron chi connectivity index (χ2n) is 4.55. The molecule has 0 amide bonds. The average Bonchev–Trinajstić information content (AvgIpc) is 2.81. The number of fused-ring (bicyclic) bond motifs is 1. The fourth-order valence-electron chi connectivity index (χ4n) is 2.26. The van der Waals surface area contributed by atoms with Gasteiger partial charge < -0.3 is 5.73 Å². The molecule has 0 bridgehead atoms. The fraction of sp³-hybridized carbons (Fsp3) is 0.308. The molecule has 100 valence electrons. The maximum atomic E-state index is 13.7. The van der Waals surface area contributed by atoms with Crippen molar-refractivity contribution >= 4 is 11.3 Å². The molecule has 0 aliphatic heterocycles. The van der Waals surface area contributed by atoms with E-state index in [9.17, 15) is 13.2 Å². The summed E-state index contributed by atoms with van der Waals surface area (Å²) in [5, 5.41) is 0.360. The highest BCUT2D eigenvalue weighted by Crippen LogP contribution is 2.37. The van der Waals surface area contributed by atoms with E-state index in [0.717, 1.165) is 35.9 Å². The van der Waals surface area contributed by atoms with Crippen molar-refractivity contribution in [2.45, 2.75) is 25.3 Å². The molecule has 0 radical (unpaired) electrons. The van der Waals surface area contributed by atoms with Crippen molar-refractivity contribution in [2.75, 3.05) is 0 Å². The number of nitrogens with zero attached hydrogens (tertiary/aromatic N) is 1. The monoisotopic (exact) mass is 284 g/mol. The predicted molar refractivity (Wildman–Crippen MR) is 67.3 cm³/mol. The van der Waals surface area contributed by atoms with Crippen LogP contribution in [0.15, 0.2) is 12.1 Å². The lowest BCUT2D eigenvalue weighted by molar-refractivity contribution is 0.449. The zero-order valence-electron chi connectivity index (χ0n) is 9.92. The SMILES string of the molecule is NC1CCCc2sc(-c3ccc(F)c(F)c3F)nc21. The first kappa shape index (κ1) is 12.6. The maximum absolute atomic E-state index is 13.7. The Morgan fingerprint density at radius 2 is 2.00 bits per heavy atom. The second kappa shape index (κ2) is 4.61. The lowest BCUT2D eigenvalue weighted by Gasteiger charge is -2.15. The lowest BCUT2D eigenvalue weighted by atomic mass is 9.99. The number of aryl methyl sites for hydroxylation is 1. The number of benzene rings is 1. The molecule has 1 aliphatic carbocycles. The minimum atomic E-state index is -1.46. The summed E-state index contributed by atoms with van der Waals surface area (Å²) < 4.78 is 39.9. The van der Waals surface area contributed by atoms with Gasteiger partial charge in [0.1, 0.15) is 5.01 Å². The Bertz CT molecular complexity index is 639. The van der Waals surface area contributed by atoms with E-state index in [2.05, 4.69) is 4.98 Å². The Labute approximate surface area is 112 Å². The molecule has 1 aromatic heterocycles. The number of thiazole rings is 1. The Balaban J connectivity index is 2.11. The lowest BCUT2D eigenvalue weighted by Crippen LogP contribution is -2.16. The van der Waals surface area contributed by atoms with Gasteiger partial charge in [0.25, 0.3) is 0 Å². The first-order chi connectivity index (χ1) is 9.08. The number of hydrogen-bond acceptors (Lipinski definition) is 3. The van der Waals surface area contributed by atoms with E-state index < -0.39 is 17.5 Å². The van der Waals surface area contributed by atoms with Crippen molar-refractivity contribution in [3.63, 3.8) is 0 Å². The Kier molecular flexibility index (Phi) is 3.06. The molecule has 1 aromatic carbocycles. The van der Waals surface area contributed by atoms with E-state index in [1.807, 2.05) is 0 Å². The molecule has 3 rings (SSSR count). The van der Waals surface area contributed by atoms with Gasteiger partial charge in [0.2, 0.25) is 0 Å². The standard InChI is InChI=1S/C13H11F3N2S/c14-7-5-4-6(10(15)11(7)16)13-18-12-8(17)2-1-3-9(12)19-13/h4-5,8H,1-3,17H2. The molecule has 19 heavy (non-hydrogen) atoms. The Morgan fingerprint density at radius 1 is 1.21 bits per heavy atom. The topological polar surface area (TPSA) is 38.9 Å². The largest absolute Gasteiger partial charge is 0.323 e. The van der Waals surface area contributed by atoms with E-state index in [0.29, 0.717) is 5.01 Å². The van der Waals surface area contributed by atoms with Crippen LogP contribution in [-0.2, 0) is 6.42 Å². The van der Waals surface area contributed by atoms with Gasteiger partial charge in [-0.2, -0.15) is 0 Å². The highest BCUT2D eigenvalue weighted by atomic mass is 32.1. The second-order valence-corrected chi connectivity index (χ2v) is 5.63. The van der Waals surface area contributed by atoms with Crippen LogP contribution in [0.4, 0.5) is 13.2 Å². The molecule has 2 N–H and O–H groups in total. The van der Waals surface area contributed by atoms with Crippen LogP contribution in [0, 0.1) is 17.5 Å². The van der Waals surface area contributed by atoms with Crippen molar-refractivity contribution in [3.05, 3.63) is 40.2 Å². The third kappa shape index (κ3) is 2.04. The quantitative estimate of drug-likeness (QED) is 0.813. The number of aromatic nitrogens is 1. The van der Waals surface area contributed by atoms with Gasteiger partial charge in [-0.25, -0.2) is 18.2 Å². The van der Waals surface area contributed by atoms with Crippen LogP contribution in [0.5, 0.6) is 0 Å². The van der Waals surface area contributed by atoms with Crippen molar-refractivity contribution in [3.8, 4) is 10.6 Å². The Morgan fingerprint density at radius 3 is 2.74 bits per heavy atom. The minimum Gasteiger partial charge on any atom is -0.323 e. The van der Waals surface area contributed by atoms with E-state index in [1.54, 1.807) is 0 Å². The van der Waals surface area contributed by atoms with Crippen LogP contribution in [0.25, 0.3) is 10.6 Å². The van der Waals surface area contributed by atoms with Crippen LogP contribution in [-0.4, -0.2) is 4.98 Å². The highest BCUT2D eigenvalue weighted by molar-refractivity contribution is 7.15. The molecule has 0 fully saturated rings. The molecule has 1 unspecified atom stereocenters. The number of nitrogens with two attached hydrogens (primary N) is 1. The van der Waals surface area contributed by atoms with E-state index in [1.165, 1.54) is 17.4 Å². The van der Waals surface area contributed by atoms with Gasteiger partial charge in [-0.3, -0.25) is 0 Å². The van der Waals surface area contributed by atoms with E-state index >= 15 is 0 Å². The third-order valence-corrected chi connectivity index (χ3v) is 4.43. The van der Waals surface area contributed by atoms with Gasteiger partial charge in [0, 0.05) is 16.5 Å². The van der Waals surface area contributed by atoms with Gasteiger partial charge in [-0.05, 0) is 31.4 Å². The van der Waals surface area contributed by atoms with E-state index in [4.69, 9.17) is 5.73 Å². The zero-order chi connectivity index (χ0) is 13.6. The van der Waals surface area contributed by atoms with Gasteiger partial charge in [-0.1, -0.05) is 0 Å². The smallest absolute Gasteiger partial charge is 0.195 e. The summed E-state index contributed by atoms with van der Waals surface area (Å²) in [6.45, 7) is 0. The van der Waals surface area contributed by atoms with Gasteiger partial charge in [-0.15, -0.1) is 11.3 Å². The van der Waals surface area contributed by atoms with Crippen LogP contribution < -0.4 is 5.73 Å². The summed E-state index contributed by atoms with van der Waals surface area (Å²) in [6.07, 6.45) is 2.67. The summed E-state index contributed by atoms with van der Waals surface area (Å²) in [5.74, 6) is -3.85. The van der Waals surface area contributed by atoms with Crippen LogP contribution in [0.2, 0.25) is 0 Å². The molecule has 1 heterocycles. The van der Waals surface area contributed by atoms with E-state index in [-0.39, 0.29) is 11.6 Å². The zero-order valence-corrected chi connectivity index (χ0v) is 10.7. The van der Waals surface area contributed by atoms with Crippen molar-refractivity contribution in [1.29, 1.82) is 0 Å². The summed E-state index contributed by atoms with van der Waals surface area (Å²) >= 11 is 1.30. The summed E-state index contributed by atoms with van der Waals surface area (Å²) in [5.41, 5.74) is 6.70. The molecular formula is C13H11F3N2S. The predicted octanol–water partition coefficient (Wildman–Crippen LogP) is 3.56. The first-order valence-corrected chi connectivity index (χ1v) is 6.78. The summed E-state index contributed by atoms with van der Waals surface area (Å²) in [6, 6.07) is 1.97.